The van der Waals surface area contributed by atoms with Crippen molar-refractivity contribution in [2.75, 3.05) is 5.32 Å². The van der Waals surface area contributed by atoms with Gasteiger partial charge >= 0.3 is 0 Å². The average molecular weight is 465 g/mol. The van der Waals surface area contributed by atoms with Crippen molar-refractivity contribution in [3.05, 3.63) is 79.6 Å². The normalized spacial score (nSPS) is 11.0. The smallest absolute Gasteiger partial charge is 0.263 e. The Hall–Kier alpha value is -2.38. The lowest BCUT2D eigenvalue weighted by molar-refractivity contribution is -0.116. The third-order valence-corrected chi connectivity index (χ3v) is 5.94. The molecule has 0 unspecified atom stereocenters. The summed E-state index contributed by atoms with van der Waals surface area (Å²) in [6.07, 6.45) is 1.37. The Balaban J connectivity index is 1.66. The van der Waals surface area contributed by atoms with Gasteiger partial charge in [-0.05, 0) is 35.9 Å². The maximum atomic E-state index is 13.0. The fourth-order valence-corrected chi connectivity index (χ4v) is 4.23. The number of carbonyl (C=O) groups is 1. The average Bonchev–Trinajstić information content (AvgIpc) is 3.12. The second kappa shape index (κ2) is 8.16. The van der Waals surface area contributed by atoms with Crippen LogP contribution in [0.4, 0.5) is 5.69 Å². The van der Waals surface area contributed by atoms with Crippen molar-refractivity contribution in [3.63, 3.8) is 0 Å². The maximum absolute atomic E-state index is 13.0. The van der Waals surface area contributed by atoms with Crippen LogP contribution < -0.4 is 10.9 Å². The lowest BCUT2D eigenvalue weighted by atomic mass is 10.1. The molecule has 1 N–H and O–H groups in total. The summed E-state index contributed by atoms with van der Waals surface area (Å²) < 4.78 is 1.27. The van der Waals surface area contributed by atoms with E-state index in [2.05, 4.69) is 10.3 Å². The topological polar surface area (TPSA) is 64.0 Å². The van der Waals surface area contributed by atoms with Crippen LogP contribution in [0.5, 0.6) is 0 Å². The van der Waals surface area contributed by atoms with E-state index in [-0.39, 0.29) is 12.1 Å². The summed E-state index contributed by atoms with van der Waals surface area (Å²) in [5, 5.41) is 6.41. The van der Waals surface area contributed by atoms with Crippen molar-refractivity contribution in [1.82, 2.24) is 9.55 Å². The highest BCUT2D eigenvalue weighted by molar-refractivity contribution is 7.17. The zero-order valence-electron chi connectivity index (χ0n) is 14.7. The van der Waals surface area contributed by atoms with Gasteiger partial charge in [0.1, 0.15) is 11.4 Å². The number of aromatic nitrogens is 2. The highest BCUT2D eigenvalue weighted by atomic mass is 35.5. The number of amides is 1. The second-order valence-corrected chi connectivity index (χ2v) is 8.32. The van der Waals surface area contributed by atoms with Gasteiger partial charge in [-0.2, -0.15) is 0 Å². The molecule has 0 aliphatic carbocycles. The van der Waals surface area contributed by atoms with Gasteiger partial charge in [0, 0.05) is 21.0 Å². The summed E-state index contributed by atoms with van der Waals surface area (Å²) in [4.78, 5) is 30.4. The summed E-state index contributed by atoms with van der Waals surface area (Å²) in [5.74, 6) is -0.416. The summed E-state index contributed by atoms with van der Waals surface area (Å²) in [7, 11) is 0. The van der Waals surface area contributed by atoms with Crippen LogP contribution in [0.3, 0.4) is 0 Å². The minimum Gasteiger partial charge on any atom is -0.323 e. The van der Waals surface area contributed by atoms with Crippen molar-refractivity contribution in [2.45, 2.75) is 6.54 Å². The molecule has 0 fully saturated rings. The molecule has 4 rings (SSSR count). The van der Waals surface area contributed by atoms with Gasteiger partial charge in [-0.1, -0.05) is 46.9 Å². The zero-order chi connectivity index (χ0) is 20.5. The molecule has 2 aromatic heterocycles. The molecule has 0 spiro atoms. The zero-order valence-corrected chi connectivity index (χ0v) is 17.7. The predicted octanol–water partition coefficient (Wildman–Crippen LogP) is 5.72. The van der Waals surface area contributed by atoms with Crippen LogP contribution in [-0.4, -0.2) is 15.5 Å². The lowest BCUT2D eigenvalue weighted by Crippen LogP contribution is -2.27. The number of nitrogens with one attached hydrogen (secondary N) is 1. The Morgan fingerprint density at radius 1 is 1.07 bits per heavy atom. The predicted molar refractivity (Wildman–Crippen MR) is 119 cm³/mol. The lowest BCUT2D eigenvalue weighted by Gasteiger charge is -2.09. The first-order chi connectivity index (χ1) is 13.9. The van der Waals surface area contributed by atoms with E-state index in [9.17, 15) is 9.59 Å². The molecule has 2 heterocycles. The van der Waals surface area contributed by atoms with Gasteiger partial charge < -0.3 is 5.32 Å². The van der Waals surface area contributed by atoms with E-state index < -0.39 is 5.91 Å². The summed E-state index contributed by atoms with van der Waals surface area (Å²) in [5.41, 5.74) is 1.69. The third-order valence-electron chi connectivity index (χ3n) is 4.23. The minimum atomic E-state index is -0.416. The quantitative estimate of drug-likeness (QED) is 0.420. The molecule has 29 heavy (non-hydrogen) atoms. The van der Waals surface area contributed by atoms with Crippen molar-refractivity contribution in [3.8, 4) is 11.1 Å². The molecule has 0 bridgehead atoms. The molecule has 0 radical (unpaired) electrons. The largest absolute Gasteiger partial charge is 0.323 e. The van der Waals surface area contributed by atoms with Crippen molar-refractivity contribution < 1.29 is 4.79 Å². The molecular formula is C20H12Cl3N3O2S. The first kappa shape index (κ1) is 19.9. The molecular weight excluding hydrogens is 453 g/mol. The maximum Gasteiger partial charge on any atom is 0.263 e. The standard InChI is InChI=1S/C20H12Cl3N3O2S/c21-12-3-1-11(2-4-12)14-9-29-19-18(14)20(28)26(10-24-19)8-17(27)25-16-7-13(22)5-6-15(16)23/h1-7,9-10H,8H2,(H,25,27). The highest BCUT2D eigenvalue weighted by Gasteiger charge is 2.15. The third kappa shape index (κ3) is 4.16. The first-order valence-corrected chi connectivity index (χ1v) is 10.4. The van der Waals surface area contributed by atoms with Crippen molar-refractivity contribution in [2.24, 2.45) is 0 Å². The fourth-order valence-electron chi connectivity index (χ4n) is 2.86. The SMILES string of the molecule is O=C(Cn1cnc2scc(-c3ccc(Cl)cc3)c2c1=O)Nc1cc(Cl)ccc1Cl. The fraction of sp³-hybridized carbons (Fsp3) is 0.0500. The number of thiophene rings is 1. The Bertz CT molecular complexity index is 1280. The number of hydrogen-bond acceptors (Lipinski definition) is 4. The summed E-state index contributed by atoms with van der Waals surface area (Å²) >= 11 is 19.3. The number of fused-ring (bicyclic) bond motifs is 1. The van der Waals surface area contributed by atoms with E-state index in [1.54, 1.807) is 30.3 Å². The number of rotatable bonds is 4. The van der Waals surface area contributed by atoms with E-state index in [1.165, 1.54) is 22.2 Å². The Morgan fingerprint density at radius 3 is 2.55 bits per heavy atom. The van der Waals surface area contributed by atoms with Crippen LogP contribution in [0.2, 0.25) is 15.1 Å². The molecule has 0 aliphatic rings. The van der Waals surface area contributed by atoms with Crippen molar-refractivity contribution in [1.29, 1.82) is 0 Å². The molecule has 9 heteroatoms. The van der Waals surface area contributed by atoms with E-state index in [0.29, 0.717) is 31.0 Å². The first-order valence-electron chi connectivity index (χ1n) is 8.40. The Morgan fingerprint density at radius 2 is 1.79 bits per heavy atom. The highest BCUT2D eigenvalue weighted by Crippen LogP contribution is 2.31. The van der Waals surface area contributed by atoms with Gasteiger partial charge in [-0.15, -0.1) is 11.3 Å². The summed E-state index contributed by atoms with van der Waals surface area (Å²) in [6, 6.07) is 12.0. The van der Waals surface area contributed by atoms with Crippen LogP contribution in [0.25, 0.3) is 21.3 Å². The number of carbonyl (C=O) groups excluding carboxylic acids is 1. The monoisotopic (exact) mass is 463 g/mol. The molecule has 0 saturated heterocycles. The minimum absolute atomic E-state index is 0.208. The molecule has 0 saturated carbocycles. The molecule has 2 aromatic carbocycles. The van der Waals surface area contributed by atoms with Crippen LogP contribution in [0, 0.1) is 0 Å². The molecule has 1 amide bonds. The molecule has 0 aliphatic heterocycles. The molecule has 146 valence electrons. The van der Waals surface area contributed by atoms with Gasteiger partial charge in [-0.25, -0.2) is 4.98 Å². The van der Waals surface area contributed by atoms with E-state index in [4.69, 9.17) is 34.8 Å². The Kier molecular flexibility index (Phi) is 5.61. The van der Waals surface area contributed by atoms with Gasteiger partial charge in [0.15, 0.2) is 0 Å². The second-order valence-electron chi connectivity index (χ2n) is 6.19. The number of hydrogen-bond donors (Lipinski definition) is 1. The van der Waals surface area contributed by atoms with Crippen LogP contribution >= 0.6 is 46.1 Å². The van der Waals surface area contributed by atoms with Crippen molar-refractivity contribution >= 4 is 68.0 Å². The molecule has 0 atom stereocenters. The number of anilines is 1. The number of halogens is 3. The van der Waals surface area contributed by atoms with Gasteiger partial charge in [-0.3, -0.25) is 14.2 Å². The van der Waals surface area contributed by atoms with Crippen LogP contribution in [0.15, 0.2) is 59.0 Å². The summed E-state index contributed by atoms with van der Waals surface area (Å²) in [6.45, 7) is -0.208. The number of nitrogens with zero attached hydrogens (tertiary/aromatic N) is 2. The number of benzene rings is 2. The van der Waals surface area contributed by atoms with E-state index in [1.807, 2.05) is 17.5 Å². The van der Waals surface area contributed by atoms with Gasteiger partial charge in [0.05, 0.1) is 22.4 Å². The van der Waals surface area contributed by atoms with E-state index in [0.717, 1.165) is 11.1 Å². The van der Waals surface area contributed by atoms with Gasteiger partial charge in [0.25, 0.3) is 5.56 Å². The van der Waals surface area contributed by atoms with Crippen LogP contribution in [0.1, 0.15) is 0 Å². The molecule has 5 nitrogen and oxygen atoms in total. The van der Waals surface area contributed by atoms with Gasteiger partial charge in [0.2, 0.25) is 5.91 Å². The Labute approximate surface area is 184 Å². The molecule has 4 aromatic rings. The van der Waals surface area contributed by atoms with Crippen LogP contribution in [-0.2, 0) is 11.3 Å². The van der Waals surface area contributed by atoms with E-state index >= 15 is 0 Å².